The van der Waals surface area contributed by atoms with Crippen molar-refractivity contribution in [1.82, 2.24) is 0 Å². The van der Waals surface area contributed by atoms with Crippen LogP contribution in [-0.4, -0.2) is 0 Å². The molecule has 3 nitrogen and oxygen atoms in total. The van der Waals surface area contributed by atoms with Gasteiger partial charge >= 0.3 is 0 Å². The molecule has 0 N–H and O–H groups in total. The largest absolute Gasteiger partial charge is 0.457 e. The highest BCUT2D eigenvalue weighted by atomic mass is 19.1. The Hall–Kier alpha value is -3.24. The van der Waals surface area contributed by atoms with Gasteiger partial charge in [0.1, 0.15) is 23.3 Å². The normalized spacial score (nSPS) is 12.2. The highest BCUT2D eigenvalue weighted by molar-refractivity contribution is 5.82. The van der Waals surface area contributed by atoms with Crippen LogP contribution in [0.15, 0.2) is 88.1 Å². The predicted octanol–water partition coefficient (Wildman–Crippen LogP) is 5.88. The van der Waals surface area contributed by atoms with Crippen LogP contribution in [0.2, 0.25) is 0 Å². The Bertz CT molecular complexity index is 1170. The first kappa shape index (κ1) is 18.1. The van der Waals surface area contributed by atoms with Gasteiger partial charge in [-0.05, 0) is 42.3 Å². The summed E-state index contributed by atoms with van der Waals surface area (Å²) in [7, 11) is 0. The zero-order valence-corrected chi connectivity index (χ0v) is 15.4. The molecule has 1 atom stereocenters. The van der Waals surface area contributed by atoms with Crippen LogP contribution in [-0.2, 0) is 11.3 Å². The first-order chi connectivity index (χ1) is 13.6. The van der Waals surface area contributed by atoms with Crippen molar-refractivity contribution >= 4 is 11.0 Å². The van der Waals surface area contributed by atoms with Crippen LogP contribution in [0.3, 0.4) is 0 Å². The molecule has 4 rings (SSSR count). The lowest BCUT2D eigenvalue weighted by Gasteiger charge is -2.17. The van der Waals surface area contributed by atoms with E-state index in [0.29, 0.717) is 34.5 Å². The van der Waals surface area contributed by atoms with E-state index < -0.39 is 11.9 Å². The van der Waals surface area contributed by atoms with Gasteiger partial charge in [0, 0.05) is 0 Å². The quantitative estimate of drug-likeness (QED) is 0.438. The number of hydrogen-bond donors (Lipinski definition) is 0. The van der Waals surface area contributed by atoms with Crippen LogP contribution in [0.5, 0.6) is 0 Å². The van der Waals surface area contributed by atoms with Crippen LogP contribution in [0.1, 0.15) is 24.4 Å². The molecule has 0 fully saturated rings. The van der Waals surface area contributed by atoms with Crippen LogP contribution in [0.4, 0.5) is 4.39 Å². The van der Waals surface area contributed by atoms with Crippen LogP contribution in [0.25, 0.3) is 22.1 Å². The Balaban J connectivity index is 1.81. The topological polar surface area (TPSA) is 39.4 Å². The minimum absolute atomic E-state index is 0.197. The summed E-state index contributed by atoms with van der Waals surface area (Å²) in [6, 6.07) is 22.8. The van der Waals surface area contributed by atoms with Gasteiger partial charge in [0.2, 0.25) is 5.43 Å². The van der Waals surface area contributed by atoms with E-state index in [1.807, 2.05) is 43.3 Å². The lowest BCUT2D eigenvalue weighted by Crippen LogP contribution is -2.12. The average Bonchev–Trinajstić information content (AvgIpc) is 2.72. The Morgan fingerprint density at radius 1 is 0.964 bits per heavy atom. The Kier molecular flexibility index (Phi) is 5.04. The van der Waals surface area contributed by atoms with Crippen LogP contribution >= 0.6 is 0 Å². The van der Waals surface area contributed by atoms with E-state index in [1.54, 1.807) is 30.3 Å². The molecule has 0 saturated carbocycles. The van der Waals surface area contributed by atoms with Crippen molar-refractivity contribution in [1.29, 1.82) is 0 Å². The Morgan fingerprint density at radius 2 is 1.71 bits per heavy atom. The average molecular weight is 374 g/mol. The number of rotatable bonds is 5. The van der Waals surface area contributed by atoms with E-state index in [2.05, 4.69) is 0 Å². The molecule has 1 aromatic heterocycles. The molecule has 0 bridgehead atoms. The third kappa shape index (κ3) is 3.59. The molecule has 0 amide bonds. The summed E-state index contributed by atoms with van der Waals surface area (Å²) in [6.07, 6.45) is -0.490. The maximum atomic E-state index is 13.8. The number of benzene rings is 3. The molecular formula is C24H19FO3. The summed E-state index contributed by atoms with van der Waals surface area (Å²) >= 11 is 0. The maximum absolute atomic E-state index is 13.8. The fourth-order valence-electron chi connectivity index (χ4n) is 3.23. The predicted molar refractivity (Wildman–Crippen MR) is 108 cm³/mol. The van der Waals surface area contributed by atoms with Gasteiger partial charge in [-0.3, -0.25) is 4.79 Å². The van der Waals surface area contributed by atoms with Crippen molar-refractivity contribution in [3.8, 4) is 11.1 Å². The summed E-state index contributed by atoms with van der Waals surface area (Å²) in [5, 5.41) is 0.459. The summed E-state index contributed by atoms with van der Waals surface area (Å²) in [6.45, 7) is 2.21. The van der Waals surface area contributed by atoms with Crippen LogP contribution in [0, 0.1) is 5.82 Å². The lowest BCUT2D eigenvalue weighted by molar-refractivity contribution is 0.0389. The van der Waals surface area contributed by atoms with Gasteiger partial charge in [0.25, 0.3) is 0 Å². The van der Waals surface area contributed by atoms with Crippen molar-refractivity contribution in [3.05, 3.63) is 106 Å². The summed E-state index contributed by atoms with van der Waals surface area (Å²) in [5.41, 5.74) is 2.11. The monoisotopic (exact) mass is 374 g/mol. The van der Waals surface area contributed by atoms with Crippen molar-refractivity contribution in [2.24, 2.45) is 0 Å². The minimum Gasteiger partial charge on any atom is -0.457 e. The fraction of sp³-hybridized carbons (Fsp3) is 0.125. The summed E-state index contributed by atoms with van der Waals surface area (Å²) in [4.78, 5) is 13.2. The molecule has 0 radical (unpaired) electrons. The highest BCUT2D eigenvalue weighted by Gasteiger charge is 2.21. The Labute approximate surface area is 162 Å². The van der Waals surface area contributed by atoms with Gasteiger partial charge in [0.15, 0.2) is 0 Å². The molecule has 0 saturated heterocycles. The molecule has 4 heteroatoms. The molecule has 3 aromatic carbocycles. The first-order valence-electron chi connectivity index (χ1n) is 9.10. The van der Waals surface area contributed by atoms with Crippen LogP contribution < -0.4 is 5.43 Å². The Morgan fingerprint density at radius 3 is 2.50 bits per heavy atom. The second kappa shape index (κ2) is 7.79. The zero-order chi connectivity index (χ0) is 19.5. The van der Waals surface area contributed by atoms with E-state index in [4.69, 9.17) is 9.15 Å². The molecular weight excluding hydrogens is 355 g/mol. The standard InChI is InChI=1S/C24H19FO3/c1-16(27-15-17-8-3-2-4-9-17)24-22(18-10-7-11-19(25)14-18)23(26)20-12-5-6-13-21(20)28-24/h2-14,16H,15H2,1H3/t16-/m1/s1. The molecule has 0 spiro atoms. The van der Waals surface area contributed by atoms with Gasteiger partial charge < -0.3 is 9.15 Å². The first-order valence-corrected chi connectivity index (χ1v) is 9.10. The van der Waals surface area contributed by atoms with E-state index in [1.165, 1.54) is 12.1 Å². The number of halogens is 1. The number of para-hydroxylation sites is 1. The molecule has 0 aliphatic rings. The van der Waals surface area contributed by atoms with E-state index in [0.717, 1.165) is 5.56 Å². The second-order valence-electron chi connectivity index (χ2n) is 6.62. The van der Waals surface area contributed by atoms with Gasteiger partial charge in [-0.2, -0.15) is 0 Å². The molecule has 0 unspecified atom stereocenters. The van der Waals surface area contributed by atoms with Gasteiger partial charge in [-0.15, -0.1) is 0 Å². The van der Waals surface area contributed by atoms with Crippen molar-refractivity contribution < 1.29 is 13.5 Å². The second-order valence-corrected chi connectivity index (χ2v) is 6.62. The van der Waals surface area contributed by atoms with E-state index >= 15 is 0 Å². The maximum Gasteiger partial charge on any atom is 0.200 e. The summed E-state index contributed by atoms with van der Waals surface area (Å²) < 4.78 is 25.9. The minimum atomic E-state index is -0.490. The zero-order valence-electron chi connectivity index (χ0n) is 15.4. The number of ether oxygens (including phenoxy) is 1. The molecule has 28 heavy (non-hydrogen) atoms. The third-order valence-corrected chi connectivity index (χ3v) is 4.65. The lowest BCUT2D eigenvalue weighted by atomic mass is 10.00. The van der Waals surface area contributed by atoms with Gasteiger partial charge in [-0.25, -0.2) is 4.39 Å². The molecule has 0 aliphatic heterocycles. The SMILES string of the molecule is C[C@@H](OCc1ccccc1)c1oc2ccccc2c(=O)c1-c1cccc(F)c1. The number of fused-ring (bicyclic) bond motifs is 1. The van der Waals surface area contributed by atoms with E-state index in [9.17, 15) is 9.18 Å². The highest BCUT2D eigenvalue weighted by Crippen LogP contribution is 2.31. The van der Waals surface area contributed by atoms with Gasteiger partial charge in [-0.1, -0.05) is 54.6 Å². The number of hydrogen-bond acceptors (Lipinski definition) is 3. The molecule has 1 heterocycles. The molecule has 0 aliphatic carbocycles. The smallest absolute Gasteiger partial charge is 0.200 e. The molecule has 4 aromatic rings. The summed E-state index contributed by atoms with van der Waals surface area (Å²) in [5.74, 6) is -0.0147. The third-order valence-electron chi connectivity index (χ3n) is 4.65. The van der Waals surface area contributed by atoms with Crippen molar-refractivity contribution in [3.63, 3.8) is 0 Å². The molecule has 140 valence electrons. The van der Waals surface area contributed by atoms with Crippen molar-refractivity contribution in [2.45, 2.75) is 19.6 Å². The van der Waals surface area contributed by atoms with Crippen molar-refractivity contribution in [2.75, 3.05) is 0 Å². The van der Waals surface area contributed by atoms with E-state index in [-0.39, 0.29) is 5.43 Å². The fourth-order valence-corrected chi connectivity index (χ4v) is 3.23. The van der Waals surface area contributed by atoms with Gasteiger partial charge in [0.05, 0.1) is 17.6 Å².